The molecule has 0 aliphatic carbocycles. The monoisotopic (exact) mass is 265 g/mol. The first kappa shape index (κ1) is 13.2. The van der Waals surface area contributed by atoms with E-state index in [0.717, 1.165) is 11.4 Å². The molecule has 4 nitrogen and oxygen atoms in total. The Balaban J connectivity index is 2.18. The molecule has 2 rings (SSSR count). The average molecular weight is 265 g/mol. The second-order valence-corrected chi connectivity index (χ2v) is 6.26. The lowest BCUT2D eigenvalue weighted by atomic mass is 10.1. The molecule has 0 aliphatic rings. The van der Waals surface area contributed by atoms with E-state index in [2.05, 4.69) is 36.9 Å². The number of aliphatic hydroxyl groups is 1. The molecular weight excluding hydrogens is 246 g/mol. The molecule has 2 aromatic rings. The number of nitrogens with zero attached hydrogens (tertiary/aromatic N) is 3. The molecule has 2 heterocycles. The van der Waals surface area contributed by atoms with Crippen molar-refractivity contribution >= 4 is 11.3 Å². The summed E-state index contributed by atoms with van der Waals surface area (Å²) in [4.78, 5) is 6.64. The SMILES string of the molecule is Cc1cc(C(O)Cc2ncnn2C(C)C)c(C)s1. The number of aliphatic hydroxyl groups excluding tert-OH is 1. The number of aryl methyl sites for hydroxylation is 2. The average Bonchev–Trinajstić information content (AvgIpc) is 2.85. The van der Waals surface area contributed by atoms with Crippen LogP contribution in [0.15, 0.2) is 12.4 Å². The van der Waals surface area contributed by atoms with E-state index in [9.17, 15) is 5.11 Å². The Morgan fingerprint density at radius 3 is 2.67 bits per heavy atom. The summed E-state index contributed by atoms with van der Waals surface area (Å²) in [6.07, 6.45) is 1.56. The van der Waals surface area contributed by atoms with Gasteiger partial charge < -0.3 is 5.11 Å². The van der Waals surface area contributed by atoms with Crippen LogP contribution in [-0.4, -0.2) is 19.9 Å². The predicted octanol–water partition coefficient (Wildman–Crippen LogP) is 2.81. The number of rotatable bonds is 4. The maximum Gasteiger partial charge on any atom is 0.138 e. The van der Waals surface area contributed by atoms with Crippen molar-refractivity contribution in [3.05, 3.63) is 33.5 Å². The third kappa shape index (κ3) is 2.62. The van der Waals surface area contributed by atoms with Crippen LogP contribution in [0.1, 0.15) is 47.1 Å². The van der Waals surface area contributed by atoms with Gasteiger partial charge in [0.2, 0.25) is 0 Å². The van der Waals surface area contributed by atoms with Gasteiger partial charge in [-0.3, -0.25) is 0 Å². The summed E-state index contributed by atoms with van der Waals surface area (Å²) < 4.78 is 1.86. The molecule has 0 saturated heterocycles. The Morgan fingerprint density at radius 2 is 2.11 bits per heavy atom. The highest BCUT2D eigenvalue weighted by Crippen LogP contribution is 2.28. The number of hydrogen-bond acceptors (Lipinski definition) is 4. The van der Waals surface area contributed by atoms with Crippen LogP contribution in [0.2, 0.25) is 0 Å². The minimum atomic E-state index is -0.503. The normalized spacial score (nSPS) is 13.2. The smallest absolute Gasteiger partial charge is 0.138 e. The van der Waals surface area contributed by atoms with Crippen LogP contribution in [-0.2, 0) is 6.42 Å². The van der Waals surface area contributed by atoms with Gasteiger partial charge in [0.25, 0.3) is 0 Å². The van der Waals surface area contributed by atoms with Crippen molar-refractivity contribution in [1.29, 1.82) is 0 Å². The van der Waals surface area contributed by atoms with Gasteiger partial charge in [-0.25, -0.2) is 9.67 Å². The van der Waals surface area contributed by atoms with Gasteiger partial charge in [-0.15, -0.1) is 11.3 Å². The summed E-state index contributed by atoms with van der Waals surface area (Å²) in [5.41, 5.74) is 1.01. The van der Waals surface area contributed by atoms with Crippen molar-refractivity contribution in [2.75, 3.05) is 0 Å². The summed E-state index contributed by atoms with van der Waals surface area (Å²) >= 11 is 1.72. The van der Waals surface area contributed by atoms with Crippen molar-refractivity contribution in [3.63, 3.8) is 0 Å². The van der Waals surface area contributed by atoms with E-state index >= 15 is 0 Å². The molecule has 0 aliphatic heterocycles. The van der Waals surface area contributed by atoms with Crippen molar-refractivity contribution in [1.82, 2.24) is 14.8 Å². The van der Waals surface area contributed by atoms with Crippen LogP contribution in [0, 0.1) is 13.8 Å². The highest BCUT2D eigenvalue weighted by atomic mass is 32.1. The Bertz CT molecular complexity index is 530. The zero-order valence-corrected chi connectivity index (χ0v) is 12.0. The summed E-state index contributed by atoms with van der Waals surface area (Å²) in [7, 11) is 0. The standard InChI is InChI=1S/C13H19N3OS/c1-8(2)16-13(14-7-15-16)6-12(17)11-5-9(3)18-10(11)4/h5,7-8,12,17H,6H2,1-4H3. The van der Waals surface area contributed by atoms with Gasteiger partial charge in [-0.1, -0.05) is 0 Å². The minimum absolute atomic E-state index is 0.264. The zero-order chi connectivity index (χ0) is 13.3. The van der Waals surface area contributed by atoms with Gasteiger partial charge >= 0.3 is 0 Å². The van der Waals surface area contributed by atoms with E-state index in [0.29, 0.717) is 6.42 Å². The lowest BCUT2D eigenvalue weighted by molar-refractivity contribution is 0.173. The molecule has 0 bridgehead atoms. The van der Waals surface area contributed by atoms with E-state index < -0.39 is 6.10 Å². The van der Waals surface area contributed by atoms with E-state index in [1.807, 2.05) is 11.6 Å². The van der Waals surface area contributed by atoms with Crippen LogP contribution in [0.3, 0.4) is 0 Å². The second-order valence-electron chi connectivity index (χ2n) is 4.80. The van der Waals surface area contributed by atoms with Crippen molar-refractivity contribution < 1.29 is 5.11 Å². The number of aromatic nitrogens is 3. The van der Waals surface area contributed by atoms with Gasteiger partial charge in [-0.2, -0.15) is 5.10 Å². The van der Waals surface area contributed by atoms with E-state index in [-0.39, 0.29) is 6.04 Å². The van der Waals surface area contributed by atoms with Gasteiger partial charge in [0.05, 0.1) is 6.10 Å². The number of hydrogen-bond donors (Lipinski definition) is 1. The first-order valence-corrected chi connectivity index (χ1v) is 6.94. The van der Waals surface area contributed by atoms with Crippen LogP contribution in [0.25, 0.3) is 0 Å². The fourth-order valence-electron chi connectivity index (χ4n) is 2.12. The molecule has 1 N–H and O–H groups in total. The molecule has 0 amide bonds. The Morgan fingerprint density at radius 1 is 1.39 bits per heavy atom. The minimum Gasteiger partial charge on any atom is -0.388 e. The number of thiophene rings is 1. The highest BCUT2D eigenvalue weighted by molar-refractivity contribution is 7.12. The largest absolute Gasteiger partial charge is 0.388 e. The molecule has 0 radical (unpaired) electrons. The van der Waals surface area contributed by atoms with Crippen molar-refractivity contribution in [2.24, 2.45) is 0 Å². The topological polar surface area (TPSA) is 50.9 Å². The van der Waals surface area contributed by atoms with E-state index in [1.165, 1.54) is 9.75 Å². The fraction of sp³-hybridized carbons (Fsp3) is 0.538. The lowest BCUT2D eigenvalue weighted by Crippen LogP contribution is -2.12. The third-order valence-corrected chi connectivity index (χ3v) is 3.93. The van der Waals surface area contributed by atoms with Crippen LogP contribution in [0.4, 0.5) is 0 Å². The Hall–Kier alpha value is -1.20. The highest BCUT2D eigenvalue weighted by Gasteiger charge is 2.17. The van der Waals surface area contributed by atoms with Crippen molar-refractivity contribution in [2.45, 2.75) is 46.3 Å². The molecule has 98 valence electrons. The lowest BCUT2D eigenvalue weighted by Gasteiger charge is -2.13. The summed E-state index contributed by atoms with van der Waals surface area (Å²) in [6.45, 7) is 8.23. The first-order chi connectivity index (χ1) is 8.49. The zero-order valence-electron chi connectivity index (χ0n) is 11.2. The molecule has 0 fully saturated rings. The summed E-state index contributed by atoms with van der Waals surface area (Å²) in [5, 5.41) is 14.5. The Kier molecular flexibility index (Phi) is 3.82. The molecule has 0 saturated carbocycles. The molecule has 0 aromatic carbocycles. The first-order valence-electron chi connectivity index (χ1n) is 6.12. The summed E-state index contributed by atoms with van der Waals surface area (Å²) in [5.74, 6) is 0.834. The van der Waals surface area contributed by atoms with Gasteiger partial charge in [0.15, 0.2) is 0 Å². The molecule has 1 atom stereocenters. The predicted molar refractivity (Wildman–Crippen MR) is 72.9 cm³/mol. The van der Waals surface area contributed by atoms with E-state index in [1.54, 1.807) is 17.7 Å². The molecule has 18 heavy (non-hydrogen) atoms. The molecule has 5 heteroatoms. The maximum absolute atomic E-state index is 10.3. The fourth-order valence-corrected chi connectivity index (χ4v) is 3.10. The second kappa shape index (κ2) is 5.20. The maximum atomic E-state index is 10.3. The van der Waals surface area contributed by atoms with Gasteiger partial charge in [0, 0.05) is 22.2 Å². The molecule has 1 unspecified atom stereocenters. The molecule has 2 aromatic heterocycles. The summed E-state index contributed by atoms with van der Waals surface area (Å²) in [6, 6.07) is 2.32. The Labute approximate surface area is 111 Å². The quantitative estimate of drug-likeness (QED) is 0.924. The van der Waals surface area contributed by atoms with Crippen LogP contribution < -0.4 is 0 Å². The molecule has 0 spiro atoms. The third-order valence-electron chi connectivity index (χ3n) is 2.95. The molecular formula is C13H19N3OS. The van der Waals surface area contributed by atoms with Crippen molar-refractivity contribution in [3.8, 4) is 0 Å². The van der Waals surface area contributed by atoms with Gasteiger partial charge in [-0.05, 0) is 39.3 Å². The van der Waals surface area contributed by atoms with Gasteiger partial charge in [0.1, 0.15) is 12.2 Å². The van der Waals surface area contributed by atoms with Crippen LogP contribution >= 0.6 is 11.3 Å². The van der Waals surface area contributed by atoms with Crippen LogP contribution in [0.5, 0.6) is 0 Å². The van der Waals surface area contributed by atoms with E-state index in [4.69, 9.17) is 0 Å².